The number of nitrogens with zero attached hydrogens (tertiary/aromatic N) is 2. The number of hydrogen-bond acceptors (Lipinski definition) is 3. The minimum absolute atomic E-state index is 0.0543. The van der Waals surface area contributed by atoms with Crippen molar-refractivity contribution in [3.63, 3.8) is 0 Å². The smallest absolute Gasteiger partial charge is 0.355 e. The summed E-state index contributed by atoms with van der Waals surface area (Å²) in [6.45, 7) is 1.91. The molecule has 0 radical (unpaired) electrons. The Hall–Kier alpha value is -2.23. The Bertz CT molecular complexity index is 538. The van der Waals surface area contributed by atoms with Gasteiger partial charge in [-0.1, -0.05) is 6.07 Å². The normalized spacial score (nSPS) is 10.1. The van der Waals surface area contributed by atoms with E-state index in [1.54, 1.807) is 24.5 Å². The molecule has 80 valence electrons. The summed E-state index contributed by atoms with van der Waals surface area (Å²) in [6, 6.07) is 5.29. The van der Waals surface area contributed by atoms with Gasteiger partial charge < -0.3 is 5.11 Å². The Morgan fingerprint density at radius 1 is 1.25 bits per heavy atom. The first-order chi connectivity index (χ1) is 7.70. The Kier molecular flexibility index (Phi) is 2.64. The van der Waals surface area contributed by atoms with Gasteiger partial charge >= 0.3 is 5.97 Å². The number of aromatic nitrogens is 2. The zero-order valence-electron chi connectivity index (χ0n) is 8.71. The van der Waals surface area contributed by atoms with Crippen molar-refractivity contribution < 1.29 is 9.90 Å². The van der Waals surface area contributed by atoms with Crippen LogP contribution in [0.25, 0.3) is 11.1 Å². The number of aryl methyl sites for hydroxylation is 1. The summed E-state index contributed by atoms with van der Waals surface area (Å²) in [5.74, 6) is -1.03. The molecule has 4 heteroatoms. The minimum Gasteiger partial charge on any atom is -0.476 e. The minimum atomic E-state index is -1.03. The zero-order chi connectivity index (χ0) is 11.5. The van der Waals surface area contributed by atoms with Crippen LogP contribution in [0.15, 0.2) is 36.8 Å². The van der Waals surface area contributed by atoms with E-state index < -0.39 is 5.97 Å². The van der Waals surface area contributed by atoms with Gasteiger partial charge in [0.2, 0.25) is 0 Å². The first kappa shape index (κ1) is 10.3. The van der Waals surface area contributed by atoms with Gasteiger partial charge in [-0.25, -0.2) is 9.78 Å². The Morgan fingerprint density at radius 2 is 2.06 bits per heavy atom. The molecule has 0 amide bonds. The first-order valence-corrected chi connectivity index (χ1v) is 4.79. The molecule has 0 saturated heterocycles. The van der Waals surface area contributed by atoms with Gasteiger partial charge in [-0.3, -0.25) is 4.98 Å². The average Bonchev–Trinajstić information content (AvgIpc) is 2.29. The predicted molar refractivity (Wildman–Crippen MR) is 59.2 cm³/mol. The van der Waals surface area contributed by atoms with Gasteiger partial charge in [0.25, 0.3) is 0 Å². The second-order valence-electron chi connectivity index (χ2n) is 3.40. The van der Waals surface area contributed by atoms with Crippen LogP contribution in [0.4, 0.5) is 0 Å². The maximum atomic E-state index is 11.0. The second-order valence-corrected chi connectivity index (χ2v) is 3.40. The highest BCUT2D eigenvalue weighted by molar-refractivity contribution is 5.94. The number of pyridine rings is 2. The maximum Gasteiger partial charge on any atom is 0.355 e. The van der Waals surface area contributed by atoms with Crippen molar-refractivity contribution >= 4 is 5.97 Å². The van der Waals surface area contributed by atoms with E-state index in [1.807, 2.05) is 13.0 Å². The van der Waals surface area contributed by atoms with Crippen molar-refractivity contribution in [1.82, 2.24) is 9.97 Å². The first-order valence-electron chi connectivity index (χ1n) is 4.79. The molecule has 2 rings (SSSR count). The van der Waals surface area contributed by atoms with Crippen molar-refractivity contribution in [1.29, 1.82) is 0 Å². The van der Waals surface area contributed by atoms with Crippen LogP contribution >= 0.6 is 0 Å². The van der Waals surface area contributed by atoms with E-state index in [1.165, 1.54) is 6.20 Å². The third-order valence-corrected chi connectivity index (χ3v) is 2.34. The van der Waals surface area contributed by atoms with Gasteiger partial charge in [0.05, 0.1) is 0 Å². The molecule has 4 nitrogen and oxygen atoms in total. The van der Waals surface area contributed by atoms with Gasteiger partial charge in [0, 0.05) is 29.7 Å². The van der Waals surface area contributed by atoms with Crippen molar-refractivity contribution in [3.05, 3.63) is 48.0 Å². The third-order valence-electron chi connectivity index (χ3n) is 2.34. The van der Waals surface area contributed by atoms with E-state index in [2.05, 4.69) is 9.97 Å². The fourth-order valence-corrected chi connectivity index (χ4v) is 1.54. The molecular weight excluding hydrogens is 204 g/mol. The van der Waals surface area contributed by atoms with Crippen LogP contribution < -0.4 is 0 Å². The number of aromatic carboxylic acids is 1. The number of hydrogen-bond donors (Lipinski definition) is 1. The van der Waals surface area contributed by atoms with Crippen LogP contribution in [0.5, 0.6) is 0 Å². The summed E-state index contributed by atoms with van der Waals surface area (Å²) < 4.78 is 0. The van der Waals surface area contributed by atoms with Crippen molar-refractivity contribution in [2.24, 2.45) is 0 Å². The summed E-state index contributed by atoms with van der Waals surface area (Å²) in [5, 5.41) is 9.03. The molecule has 2 aromatic rings. The fourth-order valence-electron chi connectivity index (χ4n) is 1.54. The van der Waals surface area contributed by atoms with Crippen LogP contribution in [0, 0.1) is 6.92 Å². The van der Waals surface area contributed by atoms with E-state index in [0.29, 0.717) is 5.56 Å². The van der Waals surface area contributed by atoms with Gasteiger partial charge in [0.1, 0.15) is 0 Å². The molecule has 2 aromatic heterocycles. The molecule has 0 aliphatic rings. The molecule has 0 spiro atoms. The summed E-state index contributed by atoms with van der Waals surface area (Å²) in [7, 11) is 0. The van der Waals surface area contributed by atoms with Crippen LogP contribution in [0.1, 0.15) is 16.1 Å². The molecule has 1 N–H and O–H groups in total. The summed E-state index contributed by atoms with van der Waals surface area (Å²) in [6.07, 6.45) is 4.80. The quantitative estimate of drug-likeness (QED) is 0.831. The van der Waals surface area contributed by atoms with Gasteiger partial charge in [-0.15, -0.1) is 0 Å². The van der Waals surface area contributed by atoms with Crippen molar-refractivity contribution in [2.75, 3.05) is 0 Å². The van der Waals surface area contributed by atoms with Gasteiger partial charge in [-0.05, 0) is 24.6 Å². The number of carboxylic acid groups (broad SMARTS) is 1. The molecule has 0 aromatic carbocycles. The van der Waals surface area contributed by atoms with Crippen LogP contribution in [0.2, 0.25) is 0 Å². The van der Waals surface area contributed by atoms with Crippen LogP contribution in [-0.2, 0) is 0 Å². The van der Waals surface area contributed by atoms with Crippen molar-refractivity contribution in [3.8, 4) is 11.1 Å². The van der Waals surface area contributed by atoms with Crippen LogP contribution in [-0.4, -0.2) is 21.0 Å². The standard InChI is InChI=1S/C12H10N2O2/c1-8-4-6-13-7-10(8)9-3-2-5-14-11(9)12(15)16/h2-7H,1H3,(H,15,16). The molecule has 0 aliphatic heterocycles. The third kappa shape index (κ3) is 1.77. The fraction of sp³-hybridized carbons (Fsp3) is 0.0833. The van der Waals surface area contributed by atoms with E-state index in [9.17, 15) is 4.79 Å². The van der Waals surface area contributed by atoms with E-state index >= 15 is 0 Å². The number of rotatable bonds is 2. The van der Waals surface area contributed by atoms with E-state index in [-0.39, 0.29) is 5.69 Å². The molecule has 0 aliphatic carbocycles. The Morgan fingerprint density at radius 3 is 2.75 bits per heavy atom. The molecule has 0 unspecified atom stereocenters. The number of carbonyl (C=O) groups is 1. The zero-order valence-corrected chi connectivity index (χ0v) is 8.71. The molecule has 0 fully saturated rings. The summed E-state index contributed by atoms with van der Waals surface area (Å²) in [4.78, 5) is 18.9. The van der Waals surface area contributed by atoms with Crippen molar-refractivity contribution in [2.45, 2.75) is 6.92 Å². The average molecular weight is 214 g/mol. The number of carboxylic acids is 1. The SMILES string of the molecule is Cc1ccncc1-c1cccnc1C(=O)O. The lowest BCUT2D eigenvalue weighted by Crippen LogP contribution is -2.03. The molecule has 0 saturated carbocycles. The monoisotopic (exact) mass is 214 g/mol. The highest BCUT2D eigenvalue weighted by atomic mass is 16.4. The largest absolute Gasteiger partial charge is 0.476 e. The lowest BCUT2D eigenvalue weighted by atomic mass is 10.0. The summed E-state index contributed by atoms with van der Waals surface area (Å²) in [5.41, 5.74) is 2.43. The predicted octanol–water partition coefficient (Wildman–Crippen LogP) is 2.15. The summed E-state index contributed by atoms with van der Waals surface area (Å²) >= 11 is 0. The van der Waals surface area contributed by atoms with Gasteiger partial charge in [-0.2, -0.15) is 0 Å². The molecule has 16 heavy (non-hydrogen) atoms. The molecule has 2 heterocycles. The topological polar surface area (TPSA) is 63.1 Å². The lowest BCUT2D eigenvalue weighted by molar-refractivity contribution is 0.0691. The lowest BCUT2D eigenvalue weighted by Gasteiger charge is -2.07. The maximum absolute atomic E-state index is 11.0. The highest BCUT2D eigenvalue weighted by Crippen LogP contribution is 2.24. The van der Waals surface area contributed by atoms with E-state index in [4.69, 9.17) is 5.11 Å². The Labute approximate surface area is 92.6 Å². The highest BCUT2D eigenvalue weighted by Gasteiger charge is 2.13. The van der Waals surface area contributed by atoms with E-state index in [0.717, 1.165) is 11.1 Å². The molecule has 0 atom stereocenters. The molecular formula is C12H10N2O2. The molecule has 0 bridgehead atoms. The Balaban J connectivity index is 2.65. The van der Waals surface area contributed by atoms with Crippen LogP contribution in [0.3, 0.4) is 0 Å². The van der Waals surface area contributed by atoms with Gasteiger partial charge in [0.15, 0.2) is 5.69 Å². The second kappa shape index (κ2) is 4.10.